The number of hydrogen-bond acceptors (Lipinski definition) is 5. The fraction of sp³-hybridized carbons (Fsp3) is 0.353. The van der Waals surface area contributed by atoms with E-state index in [2.05, 4.69) is 49.3 Å². The first-order valence-corrected chi connectivity index (χ1v) is 17.0. The molecule has 44 heavy (non-hydrogen) atoms. The Hall–Kier alpha value is -2.82. The summed E-state index contributed by atoms with van der Waals surface area (Å²) < 4.78 is 5.34. The van der Waals surface area contributed by atoms with E-state index in [9.17, 15) is 9.59 Å². The molecule has 2 N–H and O–H groups in total. The van der Waals surface area contributed by atoms with Crippen LogP contribution in [0.15, 0.2) is 82.3 Å². The van der Waals surface area contributed by atoms with E-state index in [0.717, 1.165) is 76.2 Å². The van der Waals surface area contributed by atoms with Gasteiger partial charge in [-0.05, 0) is 61.9 Å². The lowest BCUT2D eigenvalue weighted by atomic mass is 9.91. The number of rotatable bonds is 10. The maximum absolute atomic E-state index is 14.6. The van der Waals surface area contributed by atoms with Crippen LogP contribution in [0.1, 0.15) is 35.6 Å². The van der Waals surface area contributed by atoms with Crippen LogP contribution in [0.2, 0.25) is 5.02 Å². The molecule has 230 valence electrons. The van der Waals surface area contributed by atoms with E-state index < -0.39 is 10.8 Å². The van der Waals surface area contributed by atoms with E-state index in [1.165, 1.54) is 11.8 Å². The first-order chi connectivity index (χ1) is 21.3. The number of morpholine rings is 1. The van der Waals surface area contributed by atoms with E-state index in [0.29, 0.717) is 18.1 Å². The van der Waals surface area contributed by atoms with Gasteiger partial charge in [0, 0.05) is 63.2 Å². The second-order valence-corrected chi connectivity index (χ2v) is 14.3. The van der Waals surface area contributed by atoms with Crippen LogP contribution in [0, 0.1) is 6.92 Å². The van der Waals surface area contributed by atoms with Gasteiger partial charge in [0.25, 0.3) is 0 Å². The molecule has 0 radical (unpaired) electrons. The normalized spacial score (nSPS) is 20.8. The van der Waals surface area contributed by atoms with Crippen LogP contribution in [0.5, 0.6) is 0 Å². The van der Waals surface area contributed by atoms with Gasteiger partial charge in [-0.3, -0.25) is 14.5 Å². The van der Waals surface area contributed by atoms with Crippen LogP contribution in [0.4, 0.5) is 0 Å². The van der Waals surface area contributed by atoms with Crippen molar-refractivity contribution in [3.05, 3.63) is 99.1 Å². The quantitative estimate of drug-likeness (QED) is 0.180. The molecule has 10 heteroatoms. The number of thioether (sulfide) groups is 1. The molecule has 7 nitrogen and oxygen atoms in total. The number of halogens is 2. The first-order valence-electron chi connectivity index (χ1n) is 15.0. The molecule has 0 spiro atoms. The van der Waals surface area contributed by atoms with Crippen molar-refractivity contribution in [2.45, 2.75) is 42.0 Å². The van der Waals surface area contributed by atoms with Crippen molar-refractivity contribution in [2.75, 3.05) is 39.4 Å². The van der Waals surface area contributed by atoms with Crippen molar-refractivity contribution in [1.82, 2.24) is 20.1 Å². The van der Waals surface area contributed by atoms with Gasteiger partial charge < -0.3 is 19.9 Å². The molecular weight excluding hydrogens is 660 g/mol. The van der Waals surface area contributed by atoms with E-state index in [4.69, 9.17) is 16.3 Å². The number of benzene rings is 3. The number of H-pyrrole nitrogens is 1. The van der Waals surface area contributed by atoms with Crippen molar-refractivity contribution < 1.29 is 14.3 Å². The van der Waals surface area contributed by atoms with Gasteiger partial charge >= 0.3 is 0 Å². The molecule has 0 aliphatic carbocycles. The van der Waals surface area contributed by atoms with Crippen LogP contribution < -0.4 is 5.32 Å². The Morgan fingerprint density at radius 2 is 1.86 bits per heavy atom. The summed E-state index contributed by atoms with van der Waals surface area (Å²) in [6.45, 7) is 7.15. The Morgan fingerprint density at radius 3 is 2.61 bits per heavy atom. The number of fused-ring (bicyclic) bond motifs is 1. The average Bonchev–Trinajstić information content (AvgIpc) is 3.55. The maximum Gasteiger partial charge on any atom is 0.239 e. The lowest BCUT2D eigenvalue weighted by molar-refractivity contribution is -0.129. The highest BCUT2D eigenvalue weighted by molar-refractivity contribution is 9.10. The van der Waals surface area contributed by atoms with Gasteiger partial charge in [0.15, 0.2) is 0 Å². The third-order valence-corrected chi connectivity index (χ3v) is 10.6. The van der Waals surface area contributed by atoms with Crippen LogP contribution in [0.3, 0.4) is 0 Å². The number of aryl methyl sites for hydroxylation is 1. The Balaban J connectivity index is 1.39. The standard InChI is InChI=1S/C34H36BrClN4O3S/c1-23-3-10-27(11-4-23)44-34(33(42)37-13-2-14-39-15-17-43-18-16-39)20-31(41)40(22-24-5-8-26(36)9-6-24)32(34)29-21-38-30-19-25(35)7-12-28(29)30/h3-12,19,21,32,38H,2,13-18,20,22H2,1H3,(H,37,42)/t32-,34?/m0/s1. The number of carbonyl (C=O) groups excluding carboxylic acids is 2. The average molecular weight is 696 g/mol. The largest absolute Gasteiger partial charge is 0.379 e. The molecule has 0 bridgehead atoms. The Morgan fingerprint density at radius 1 is 1.11 bits per heavy atom. The summed E-state index contributed by atoms with van der Waals surface area (Å²) >= 11 is 11.3. The van der Waals surface area contributed by atoms with Gasteiger partial charge in [-0.15, -0.1) is 11.8 Å². The molecule has 2 saturated heterocycles. The zero-order valence-corrected chi connectivity index (χ0v) is 27.8. The van der Waals surface area contributed by atoms with E-state index in [-0.39, 0.29) is 18.2 Å². The van der Waals surface area contributed by atoms with Crippen LogP contribution in [-0.4, -0.2) is 70.7 Å². The van der Waals surface area contributed by atoms with Gasteiger partial charge in [-0.1, -0.05) is 63.4 Å². The Bertz CT molecular complexity index is 1620. The highest BCUT2D eigenvalue weighted by atomic mass is 79.9. The summed E-state index contributed by atoms with van der Waals surface area (Å²) in [7, 11) is 0. The van der Waals surface area contributed by atoms with Crippen LogP contribution >= 0.6 is 39.3 Å². The zero-order chi connectivity index (χ0) is 30.7. The number of aromatic nitrogens is 1. The number of amides is 2. The highest BCUT2D eigenvalue weighted by Gasteiger charge is 2.58. The summed E-state index contributed by atoms with van der Waals surface area (Å²) in [5.74, 6) is -0.173. The van der Waals surface area contributed by atoms with E-state index in [1.807, 2.05) is 66.6 Å². The molecule has 2 amide bonds. The topological polar surface area (TPSA) is 77.7 Å². The molecule has 3 aromatic carbocycles. The predicted molar refractivity (Wildman–Crippen MR) is 180 cm³/mol. The molecule has 3 heterocycles. The second kappa shape index (κ2) is 13.7. The van der Waals surface area contributed by atoms with Gasteiger partial charge in [-0.25, -0.2) is 0 Å². The molecule has 1 aromatic heterocycles. The van der Waals surface area contributed by atoms with Crippen molar-refractivity contribution in [1.29, 1.82) is 0 Å². The minimum Gasteiger partial charge on any atom is -0.379 e. The molecule has 2 atom stereocenters. The highest BCUT2D eigenvalue weighted by Crippen LogP contribution is 2.54. The maximum atomic E-state index is 14.6. The third kappa shape index (κ3) is 6.72. The number of likely N-dealkylation sites (tertiary alicyclic amines) is 1. The monoisotopic (exact) mass is 694 g/mol. The van der Waals surface area contributed by atoms with Crippen molar-refractivity contribution >= 4 is 62.0 Å². The van der Waals surface area contributed by atoms with Crippen LogP contribution in [0.25, 0.3) is 10.9 Å². The lowest BCUT2D eigenvalue weighted by Crippen LogP contribution is -2.48. The molecule has 4 aromatic rings. The summed E-state index contributed by atoms with van der Waals surface area (Å²) in [6, 6.07) is 21.3. The molecule has 2 aliphatic rings. The summed E-state index contributed by atoms with van der Waals surface area (Å²) in [4.78, 5) is 37.3. The first kappa shape index (κ1) is 31.2. The lowest BCUT2D eigenvalue weighted by Gasteiger charge is -2.36. The number of ether oxygens (including phenoxy) is 1. The van der Waals surface area contributed by atoms with Crippen LogP contribution in [-0.2, 0) is 20.9 Å². The number of nitrogens with zero attached hydrogens (tertiary/aromatic N) is 2. The van der Waals surface area contributed by atoms with Gasteiger partial charge in [-0.2, -0.15) is 0 Å². The fourth-order valence-corrected chi connectivity index (χ4v) is 8.10. The van der Waals surface area contributed by atoms with E-state index in [1.54, 1.807) is 0 Å². The molecule has 6 rings (SSSR count). The molecule has 0 saturated carbocycles. The molecule has 1 unspecified atom stereocenters. The van der Waals surface area contributed by atoms with Gasteiger partial charge in [0.2, 0.25) is 11.8 Å². The number of aromatic amines is 1. The smallest absolute Gasteiger partial charge is 0.239 e. The number of carbonyl (C=O) groups is 2. The van der Waals surface area contributed by atoms with Gasteiger partial charge in [0.05, 0.1) is 25.7 Å². The van der Waals surface area contributed by atoms with Crippen molar-refractivity contribution in [3.63, 3.8) is 0 Å². The fourth-order valence-electron chi connectivity index (χ4n) is 6.19. The molecular formula is C34H36BrClN4O3S. The van der Waals surface area contributed by atoms with E-state index >= 15 is 0 Å². The summed E-state index contributed by atoms with van der Waals surface area (Å²) in [5, 5.41) is 4.90. The Kier molecular flexibility index (Phi) is 9.68. The molecule has 2 fully saturated rings. The second-order valence-electron chi connectivity index (χ2n) is 11.5. The van der Waals surface area contributed by atoms with Crippen molar-refractivity contribution in [3.8, 4) is 0 Å². The third-order valence-electron chi connectivity index (χ3n) is 8.47. The zero-order valence-electron chi connectivity index (χ0n) is 24.7. The summed E-state index contributed by atoms with van der Waals surface area (Å²) in [6.07, 6.45) is 2.87. The molecule has 2 aliphatic heterocycles. The van der Waals surface area contributed by atoms with Gasteiger partial charge in [0.1, 0.15) is 4.75 Å². The van der Waals surface area contributed by atoms with Crippen molar-refractivity contribution in [2.24, 2.45) is 0 Å². The SMILES string of the molecule is Cc1ccc(SC2(C(=O)NCCCN3CCOCC3)CC(=O)N(Cc3ccc(Cl)cc3)[C@H]2c2c[nH]c3cc(Br)ccc23)cc1. The predicted octanol–water partition coefficient (Wildman–Crippen LogP) is 6.74. The minimum absolute atomic E-state index is 0.0560. The minimum atomic E-state index is -1.10. The Labute approximate surface area is 275 Å². The number of nitrogens with one attached hydrogen (secondary N) is 2. The number of hydrogen-bond donors (Lipinski definition) is 2. The summed E-state index contributed by atoms with van der Waals surface area (Å²) in [5.41, 5.74) is 3.97.